The Labute approximate surface area is 199 Å². The maximum absolute atomic E-state index is 13.2. The molecule has 4 rings (SSSR count). The number of ketones is 1. The second-order valence-electron chi connectivity index (χ2n) is 9.34. The molecule has 168 valence electrons. The first-order valence-corrected chi connectivity index (χ1v) is 11.2. The molecular weight excluding hydrogens is 434 g/mol. The molecular formula is C28H26ClNO3. The molecule has 0 saturated carbocycles. The van der Waals surface area contributed by atoms with Crippen molar-refractivity contribution >= 4 is 34.7 Å². The van der Waals surface area contributed by atoms with Crippen molar-refractivity contribution in [3.8, 4) is 0 Å². The van der Waals surface area contributed by atoms with Crippen LogP contribution in [0.25, 0.3) is 5.76 Å². The van der Waals surface area contributed by atoms with Gasteiger partial charge in [0.2, 0.25) is 0 Å². The highest BCUT2D eigenvalue weighted by Gasteiger charge is 2.47. The van der Waals surface area contributed by atoms with Gasteiger partial charge < -0.3 is 5.11 Å². The monoisotopic (exact) mass is 459 g/mol. The number of anilines is 1. The number of carbonyl (C=O) groups is 2. The third-order valence-electron chi connectivity index (χ3n) is 6.02. The summed E-state index contributed by atoms with van der Waals surface area (Å²) >= 11 is 6.35. The minimum absolute atomic E-state index is 0.0468. The van der Waals surface area contributed by atoms with Gasteiger partial charge in [-0.3, -0.25) is 14.5 Å². The smallest absolute Gasteiger partial charge is 0.300 e. The van der Waals surface area contributed by atoms with Crippen molar-refractivity contribution < 1.29 is 14.7 Å². The van der Waals surface area contributed by atoms with Gasteiger partial charge in [-0.1, -0.05) is 93.0 Å². The molecule has 1 fully saturated rings. The number of halogens is 1. The SMILES string of the molecule is Cc1ccc(N2C(=O)C(=O)/C(=C(/O)c3ccccc3)C2c2ccc(C(C)(C)C)cc2)cc1Cl. The number of nitrogens with zero attached hydrogens (tertiary/aromatic N) is 1. The van der Waals surface area contributed by atoms with E-state index in [1.54, 1.807) is 36.4 Å². The Hall–Kier alpha value is -3.37. The predicted molar refractivity (Wildman–Crippen MR) is 133 cm³/mol. The summed E-state index contributed by atoms with van der Waals surface area (Å²) in [6.45, 7) is 8.24. The van der Waals surface area contributed by atoms with Gasteiger partial charge in [0, 0.05) is 16.3 Å². The van der Waals surface area contributed by atoms with Gasteiger partial charge in [-0.25, -0.2) is 0 Å². The van der Waals surface area contributed by atoms with Gasteiger partial charge in [-0.05, 0) is 41.2 Å². The van der Waals surface area contributed by atoms with Gasteiger partial charge in [0.05, 0.1) is 11.6 Å². The maximum atomic E-state index is 13.2. The van der Waals surface area contributed by atoms with Crippen molar-refractivity contribution in [3.05, 3.63) is 106 Å². The minimum Gasteiger partial charge on any atom is -0.507 e. The summed E-state index contributed by atoms with van der Waals surface area (Å²) in [6, 6.07) is 21.1. The summed E-state index contributed by atoms with van der Waals surface area (Å²) in [5, 5.41) is 11.6. The normalized spacial score (nSPS) is 18.1. The van der Waals surface area contributed by atoms with E-state index in [9.17, 15) is 14.7 Å². The Bertz CT molecular complexity index is 1250. The van der Waals surface area contributed by atoms with Crippen LogP contribution in [0.1, 0.15) is 49.1 Å². The Balaban J connectivity index is 1.93. The first-order valence-electron chi connectivity index (χ1n) is 10.8. The zero-order valence-corrected chi connectivity index (χ0v) is 19.9. The van der Waals surface area contributed by atoms with Crippen LogP contribution in [-0.4, -0.2) is 16.8 Å². The lowest BCUT2D eigenvalue weighted by atomic mass is 9.85. The van der Waals surface area contributed by atoms with E-state index in [-0.39, 0.29) is 16.7 Å². The summed E-state index contributed by atoms with van der Waals surface area (Å²) < 4.78 is 0. The number of aliphatic hydroxyl groups is 1. The molecule has 0 radical (unpaired) electrons. The van der Waals surface area contributed by atoms with Crippen LogP contribution >= 0.6 is 11.6 Å². The molecule has 33 heavy (non-hydrogen) atoms. The fraction of sp³-hybridized carbons (Fsp3) is 0.214. The summed E-state index contributed by atoms with van der Waals surface area (Å²) in [4.78, 5) is 27.9. The van der Waals surface area contributed by atoms with Crippen molar-refractivity contribution in [1.82, 2.24) is 0 Å². The molecule has 1 unspecified atom stereocenters. The Morgan fingerprint density at radius 2 is 1.58 bits per heavy atom. The van der Waals surface area contributed by atoms with Crippen LogP contribution in [-0.2, 0) is 15.0 Å². The molecule has 0 spiro atoms. The number of hydrogen-bond acceptors (Lipinski definition) is 3. The van der Waals surface area contributed by atoms with Gasteiger partial charge in [-0.2, -0.15) is 0 Å². The fourth-order valence-electron chi connectivity index (χ4n) is 4.06. The number of Topliss-reactive ketones (excluding diaryl/α,β-unsaturated/α-hetero) is 1. The van der Waals surface area contributed by atoms with Crippen LogP contribution in [0.15, 0.2) is 78.4 Å². The van der Waals surface area contributed by atoms with Gasteiger partial charge in [-0.15, -0.1) is 0 Å². The Morgan fingerprint density at radius 1 is 0.939 bits per heavy atom. The standard InChI is InChI=1S/C28H26ClNO3/c1-17-10-15-21(16-22(17)29)30-24(18-11-13-20(14-12-18)28(2,3)4)23(26(32)27(30)33)25(31)19-8-6-5-7-9-19/h5-16,24,31H,1-4H3/b25-23+. The molecule has 0 aromatic heterocycles. The third-order valence-corrected chi connectivity index (χ3v) is 6.42. The van der Waals surface area contributed by atoms with E-state index < -0.39 is 17.7 Å². The highest BCUT2D eigenvalue weighted by Crippen LogP contribution is 2.43. The van der Waals surface area contributed by atoms with Gasteiger partial charge >= 0.3 is 0 Å². The predicted octanol–water partition coefficient (Wildman–Crippen LogP) is 6.57. The molecule has 1 amide bonds. The third kappa shape index (κ3) is 4.19. The molecule has 1 atom stereocenters. The van der Waals surface area contributed by atoms with Gasteiger partial charge in [0.15, 0.2) is 0 Å². The van der Waals surface area contributed by atoms with E-state index in [1.807, 2.05) is 43.3 Å². The van der Waals surface area contributed by atoms with Gasteiger partial charge in [0.1, 0.15) is 5.76 Å². The van der Waals surface area contributed by atoms with E-state index in [0.29, 0.717) is 16.3 Å². The molecule has 1 heterocycles. The first kappa shape index (κ1) is 22.8. The molecule has 0 bridgehead atoms. The highest BCUT2D eigenvalue weighted by molar-refractivity contribution is 6.51. The first-order chi connectivity index (χ1) is 15.6. The lowest BCUT2D eigenvalue weighted by Gasteiger charge is -2.27. The van der Waals surface area contributed by atoms with Crippen molar-refractivity contribution in [1.29, 1.82) is 0 Å². The topological polar surface area (TPSA) is 57.6 Å². The quantitative estimate of drug-likeness (QED) is 0.273. The fourth-order valence-corrected chi connectivity index (χ4v) is 4.24. The number of carbonyl (C=O) groups excluding carboxylic acids is 2. The van der Waals surface area contributed by atoms with Crippen LogP contribution in [0.5, 0.6) is 0 Å². The van der Waals surface area contributed by atoms with Crippen LogP contribution in [0.2, 0.25) is 5.02 Å². The molecule has 1 aliphatic heterocycles. The molecule has 3 aromatic carbocycles. The average Bonchev–Trinajstić information content (AvgIpc) is 3.06. The van der Waals surface area contributed by atoms with Crippen LogP contribution in [0, 0.1) is 6.92 Å². The van der Waals surface area contributed by atoms with Crippen LogP contribution in [0.4, 0.5) is 5.69 Å². The number of aryl methyl sites for hydroxylation is 1. The number of benzene rings is 3. The van der Waals surface area contributed by atoms with E-state index in [4.69, 9.17) is 11.6 Å². The second kappa shape index (κ2) is 8.53. The minimum atomic E-state index is -0.780. The van der Waals surface area contributed by atoms with Gasteiger partial charge in [0.25, 0.3) is 11.7 Å². The molecule has 1 saturated heterocycles. The molecule has 3 aromatic rings. The molecule has 1 N–H and O–H groups in total. The highest BCUT2D eigenvalue weighted by atomic mass is 35.5. The molecule has 1 aliphatic rings. The van der Waals surface area contributed by atoms with Crippen LogP contribution < -0.4 is 4.90 Å². The molecule has 4 nitrogen and oxygen atoms in total. The van der Waals surface area contributed by atoms with Crippen molar-refractivity contribution in [3.63, 3.8) is 0 Å². The van der Waals surface area contributed by atoms with Crippen LogP contribution in [0.3, 0.4) is 0 Å². The lowest BCUT2D eigenvalue weighted by Crippen LogP contribution is -2.29. The summed E-state index contributed by atoms with van der Waals surface area (Å²) in [5.74, 6) is -1.62. The van der Waals surface area contributed by atoms with Crippen molar-refractivity contribution in [2.45, 2.75) is 39.2 Å². The number of amides is 1. The van der Waals surface area contributed by atoms with E-state index >= 15 is 0 Å². The zero-order chi connectivity index (χ0) is 23.9. The largest absolute Gasteiger partial charge is 0.507 e. The Kier molecular flexibility index (Phi) is 5.89. The number of rotatable bonds is 3. The summed E-state index contributed by atoms with van der Waals surface area (Å²) in [5.41, 5.74) is 3.73. The van der Waals surface area contributed by atoms with E-state index in [2.05, 4.69) is 20.8 Å². The zero-order valence-electron chi connectivity index (χ0n) is 19.1. The van der Waals surface area contributed by atoms with E-state index in [1.165, 1.54) is 4.90 Å². The van der Waals surface area contributed by atoms with Crippen molar-refractivity contribution in [2.24, 2.45) is 0 Å². The summed E-state index contributed by atoms with van der Waals surface area (Å²) in [6.07, 6.45) is 0. The van der Waals surface area contributed by atoms with Crippen molar-refractivity contribution in [2.75, 3.05) is 4.90 Å². The average molecular weight is 460 g/mol. The molecule has 5 heteroatoms. The number of aliphatic hydroxyl groups excluding tert-OH is 1. The number of hydrogen-bond donors (Lipinski definition) is 1. The molecule has 0 aliphatic carbocycles. The maximum Gasteiger partial charge on any atom is 0.300 e. The van der Waals surface area contributed by atoms with E-state index in [0.717, 1.165) is 16.7 Å². The summed E-state index contributed by atoms with van der Waals surface area (Å²) in [7, 11) is 0. The Morgan fingerprint density at radius 3 is 2.15 bits per heavy atom. The lowest BCUT2D eigenvalue weighted by molar-refractivity contribution is -0.132. The second-order valence-corrected chi connectivity index (χ2v) is 9.75.